The number of alkyl halides is 3. The summed E-state index contributed by atoms with van der Waals surface area (Å²) in [5.74, 6) is -0.712. The lowest BCUT2D eigenvalue weighted by Crippen LogP contribution is -2.16. The van der Waals surface area contributed by atoms with E-state index in [4.69, 9.17) is 0 Å². The molecule has 90 valence electrons. The van der Waals surface area contributed by atoms with E-state index >= 15 is 0 Å². The maximum atomic E-state index is 12.0. The van der Waals surface area contributed by atoms with E-state index in [0.29, 0.717) is 11.0 Å². The molecule has 0 fully saturated rings. The summed E-state index contributed by atoms with van der Waals surface area (Å²) in [6.07, 6.45) is -6.12. The van der Waals surface area contributed by atoms with Crippen molar-refractivity contribution in [3.05, 3.63) is 24.3 Å². The molecule has 2 aromatic rings. The van der Waals surface area contributed by atoms with Gasteiger partial charge >= 0.3 is 6.18 Å². The molecule has 1 heterocycles. The van der Waals surface area contributed by atoms with Gasteiger partial charge in [0, 0.05) is 6.42 Å². The number of benzene rings is 1. The Labute approximate surface area is 94.0 Å². The molecular weight excluding hydrogens is 235 g/mol. The molecule has 0 aliphatic heterocycles. The number of aromatic nitrogens is 3. The largest absolute Gasteiger partial charge is 0.389 e. The molecule has 0 atom stereocenters. The number of halogens is 3. The third-order valence-electron chi connectivity index (χ3n) is 2.21. The highest BCUT2D eigenvalue weighted by molar-refractivity contribution is 5.88. The first-order valence-corrected chi connectivity index (χ1v) is 4.88. The van der Waals surface area contributed by atoms with Crippen molar-refractivity contribution < 1.29 is 18.0 Å². The summed E-state index contributed by atoms with van der Waals surface area (Å²) in [6, 6.07) is 6.59. The highest BCUT2D eigenvalue weighted by Gasteiger charge is 2.28. The Kier molecular flexibility index (Phi) is 2.83. The molecule has 1 aromatic heterocycles. The number of carbonyl (C=O) groups excluding carboxylic acids is 1. The van der Waals surface area contributed by atoms with Crippen LogP contribution in [0.5, 0.6) is 0 Å². The minimum absolute atomic E-state index is 0.416. The van der Waals surface area contributed by atoms with Crippen molar-refractivity contribution in [2.75, 3.05) is 0 Å². The lowest BCUT2D eigenvalue weighted by atomic mass is 10.2. The lowest BCUT2D eigenvalue weighted by molar-refractivity contribution is -0.133. The summed E-state index contributed by atoms with van der Waals surface area (Å²) >= 11 is 0. The van der Waals surface area contributed by atoms with Gasteiger partial charge in [-0.3, -0.25) is 4.79 Å². The number of nitrogens with zero attached hydrogens (tertiary/aromatic N) is 3. The summed E-state index contributed by atoms with van der Waals surface area (Å²) in [6.45, 7) is 0. The van der Waals surface area contributed by atoms with Gasteiger partial charge in [0.05, 0.1) is 11.9 Å². The minimum atomic E-state index is -4.34. The number of rotatable bonds is 2. The summed E-state index contributed by atoms with van der Waals surface area (Å²) in [7, 11) is 0. The van der Waals surface area contributed by atoms with Gasteiger partial charge in [0.25, 0.3) is 0 Å². The number of fused-ring (bicyclic) bond motifs is 1. The van der Waals surface area contributed by atoms with Crippen LogP contribution in [0, 0.1) is 0 Å². The van der Waals surface area contributed by atoms with E-state index in [1.807, 2.05) is 0 Å². The number of hydrogen-bond acceptors (Lipinski definition) is 3. The summed E-state index contributed by atoms with van der Waals surface area (Å²) in [4.78, 5) is 11.5. The predicted molar refractivity (Wildman–Crippen MR) is 53.4 cm³/mol. The van der Waals surface area contributed by atoms with Crippen molar-refractivity contribution >= 4 is 16.9 Å². The SMILES string of the molecule is O=C(CCC(F)(F)F)n1nnc2ccccc21. The van der Waals surface area contributed by atoms with Crippen molar-refractivity contribution in [3.63, 3.8) is 0 Å². The fourth-order valence-corrected chi connectivity index (χ4v) is 1.41. The van der Waals surface area contributed by atoms with Gasteiger partial charge in [-0.25, -0.2) is 0 Å². The predicted octanol–water partition coefficient (Wildman–Crippen LogP) is 2.41. The highest BCUT2D eigenvalue weighted by atomic mass is 19.4. The molecular formula is C10H8F3N3O. The van der Waals surface area contributed by atoms with Gasteiger partial charge in [-0.2, -0.15) is 17.9 Å². The first kappa shape index (κ1) is 11.6. The number of carbonyl (C=O) groups is 1. The average Bonchev–Trinajstić information content (AvgIpc) is 2.68. The maximum Gasteiger partial charge on any atom is 0.389 e. The zero-order valence-corrected chi connectivity index (χ0v) is 8.61. The van der Waals surface area contributed by atoms with E-state index in [9.17, 15) is 18.0 Å². The molecule has 0 amide bonds. The van der Waals surface area contributed by atoms with E-state index < -0.39 is 24.9 Å². The second-order valence-electron chi connectivity index (χ2n) is 3.50. The van der Waals surface area contributed by atoms with Gasteiger partial charge in [-0.1, -0.05) is 17.3 Å². The Morgan fingerprint density at radius 2 is 2.00 bits per heavy atom. The van der Waals surface area contributed by atoms with Crippen molar-refractivity contribution in [3.8, 4) is 0 Å². The Morgan fingerprint density at radius 1 is 1.29 bits per heavy atom. The van der Waals surface area contributed by atoms with Gasteiger partial charge in [-0.15, -0.1) is 5.10 Å². The molecule has 0 unspecified atom stereocenters. The molecule has 0 spiro atoms. The van der Waals surface area contributed by atoms with Gasteiger partial charge in [-0.05, 0) is 12.1 Å². The molecule has 0 N–H and O–H groups in total. The maximum absolute atomic E-state index is 12.0. The molecule has 1 aromatic carbocycles. The van der Waals surface area contributed by atoms with E-state index in [1.54, 1.807) is 24.3 Å². The van der Waals surface area contributed by atoms with E-state index in [1.165, 1.54) is 0 Å². The van der Waals surface area contributed by atoms with Crippen LogP contribution in [0.25, 0.3) is 11.0 Å². The topological polar surface area (TPSA) is 47.8 Å². The molecule has 4 nitrogen and oxygen atoms in total. The molecule has 7 heteroatoms. The molecule has 0 aliphatic carbocycles. The van der Waals surface area contributed by atoms with Gasteiger partial charge in [0.15, 0.2) is 0 Å². The van der Waals surface area contributed by atoms with Crippen molar-refractivity contribution in [1.29, 1.82) is 0 Å². The zero-order chi connectivity index (χ0) is 12.5. The van der Waals surface area contributed by atoms with Crippen molar-refractivity contribution in [2.45, 2.75) is 19.0 Å². The van der Waals surface area contributed by atoms with E-state index in [0.717, 1.165) is 4.68 Å². The Balaban J connectivity index is 2.20. The second-order valence-corrected chi connectivity index (χ2v) is 3.50. The Bertz CT molecular complexity index is 547. The van der Waals surface area contributed by atoms with Crippen LogP contribution in [0.4, 0.5) is 13.2 Å². The van der Waals surface area contributed by atoms with Crippen LogP contribution in [0.2, 0.25) is 0 Å². The zero-order valence-electron chi connectivity index (χ0n) is 8.61. The van der Waals surface area contributed by atoms with Crippen LogP contribution in [-0.2, 0) is 0 Å². The minimum Gasteiger partial charge on any atom is -0.272 e. The van der Waals surface area contributed by atoms with Crippen LogP contribution < -0.4 is 0 Å². The van der Waals surface area contributed by atoms with Gasteiger partial charge in [0.2, 0.25) is 5.91 Å². The standard InChI is InChI=1S/C10H8F3N3O/c11-10(12,13)6-5-9(17)16-8-4-2-1-3-7(8)14-15-16/h1-4H,5-6H2. The van der Waals surface area contributed by atoms with E-state index in [-0.39, 0.29) is 0 Å². The molecule has 0 radical (unpaired) electrons. The molecule has 0 saturated heterocycles. The first-order valence-electron chi connectivity index (χ1n) is 4.88. The van der Waals surface area contributed by atoms with Crippen molar-refractivity contribution in [1.82, 2.24) is 15.0 Å². The molecule has 0 saturated carbocycles. The Hall–Kier alpha value is -1.92. The van der Waals surface area contributed by atoms with Crippen molar-refractivity contribution in [2.24, 2.45) is 0 Å². The summed E-state index contributed by atoms with van der Waals surface area (Å²) in [5.41, 5.74) is 0.896. The fraction of sp³-hybridized carbons (Fsp3) is 0.300. The van der Waals surface area contributed by atoms with Crippen LogP contribution in [0.3, 0.4) is 0 Å². The molecule has 2 rings (SSSR count). The van der Waals surface area contributed by atoms with Gasteiger partial charge < -0.3 is 0 Å². The molecule has 0 bridgehead atoms. The normalized spacial score (nSPS) is 11.9. The second kappa shape index (κ2) is 4.15. The van der Waals surface area contributed by atoms with Crippen LogP contribution in [-0.4, -0.2) is 27.1 Å². The third kappa shape index (κ3) is 2.61. The first-order chi connectivity index (χ1) is 7.97. The fourth-order valence-electron chi connectivity index (χ4n) is 1.41. The smallest absolute Gasteiger partial charge is 0.272 e. The van der Waals surface area contributed by atoms with Gasteiger partial charge in [0.1, 0.15) is 5.52 Å². The molecule has 17 heavy (non-hydrogen) atoms. The van der Waals surface area contributed by atoms with Crippen LogP contribution in [0.1, 0.15) is 17.6 Å². The summed E-state index contributed by atoms with van der Waals surface area (Å²) < 4.78 is 36.8. The monoisotopic (exact) mass is 243 g/mol. The Morgan fingerprint density at radius 3 is 2.71 bits per heavy atom. The van der Waals surface area contributed by atoms with E-state index in [2.05, 4.69) is 10.3 Å². The van der Waals surface area contributed by atoms with Crippen LogP contribution >= 0.6 is 0 Å². The quantitative estimate of drug-likeness (QED) is 0.813. The van der Waals surface area contributed by atoms with Crippen LogP contribution in [0.15, 0.2) is 24.3 Å². The third-order valence-corrected chi connectivity index (χ3v) is 2.21. The summed E-state index contributed by atoms with van der Waals surface area (Å²) in [5, 5.41) is 7.24. The highest BCUT2D eigenvalue weighted by Crippen LogP contribution is 2.22. The lowest BCUT2D eigenvalue weighted by Gasteiger charge is -2.04. The number of hydrogen-bond donors (Lipinski definition) is 0. The average molecular weight is 243 g/mol. The number of para-hydroxylation sites is 1. The molecule has 0 aliphatic rings.